The topological polar surface area (TPSA) is 35.9 Å². The Kier molecular flexibility index (Phi) is 5.80. The average Bonchev–Trinajstić information content (AvgIpc) is 2.59. The number of ether oxygens (including phenoxy) is 1. The van der Waals surface area contributed by atoms with Gasteiger partial charge in [-0.05, 0) is 37.6 Å². The highest BCUT2D eigenvalue weighted by Gasteiger charge is 2.39. The fourth-order valence-electron chi connectivity index (χ4n) is 4.27. The van der Waals surface area contributed by atoms with Crippen molar-refractivity contribution in [2.45, 2.75) is 37.7 Å². The molecule has 24 heavy (non-hydrogen) atoms. The van der Waals surface area contributed by atoms with E-state index in [1.807, 2.05) is 12.1 Å². The predicted octanol–water partition coefficient (Wildman–Crippen LogP) is 2.41. The number of methoxy groups -OCH3 is 1. The summed E-state index contributed by atoms with van der Waals surface area (Å²) in [5, 5.41) is 11.5. The molecule has 1 aliphatic carbocycles. The molecule has 4 nitrogen and oxygen atoms in total. The maximum absolute atomic E-state index is 11.5. The Morgan fingerprint density at radius 1 is 1.21 bits per heavy atom. The minimum absolute atomic E-state index is 0.376. The normalized spacial score (nSPS) is 29.5. The molecule has 134 valence electrons. The molecule has 1 N–H and O–H groups in total. The van der Waals surface area contributed by atoms with Gasteiger partial charge in [0.25, 0.3) is 0 Å². The van der Waals surface area contributed by atoms with E-state index < -0.39 is 5.60 Å². The van der Waals surface area contributed by atoms with Crippen LogP contribution in [0.3, 0.4) is 0 Å². The third kappa shape index (κ3) is 4.29. The van der Waals surface area contributed by atoms with Crippen molar-refractivity contribution in [3.05, 3.63) is 29.8 Å². The van der Waals surface area contributed by atoms with Crippen molar-refractivity contribution < 1.29 is 9.84 Å². The van der Waals surface area contributed by atoms with Crippen molar-refractivity contribution in [1.29, 1.82) is 0 Å². The molecule has 1 heterocycles. The van der Waals surface area contributed by atoms with Crippen LogP contribution in [-0.4, -0.2) is 67.4 Å². The Labute approximate surface area is 146 Å². The quantitative estimate of drug-likeness (QED) is 0.898. The highest BCUT2D eigenvalue weighted by molar-refractivity contribution is 5.29. The molecule has 1 aromatic rings. The summed E-state index contributed by atoms with van der Waals surface area (Å²) in [6, 6.07) is 8.17. The monoisotopic (exact) mass is 332 g/mol. The summed E-state index contributed by atoms with van der Waals surface area (Å²) in [4.78, 5) is 4.94. The van der Waals surface area contributed by atoms with Crippen LogP contribution in [0.15, 0.2) is 24.3 Å². The summed E-state index contributed by atoms with van der Waals surface area (Å²) in [5.74, 6) is 1.25. The molecule has 0 aromatic heterocycles. The van der Waals surface area contributed by atoms with Crippen molar-refractivity contribution in [2.75, 3.05) is 46.9 Å². The van der Waals surface area contributed by atoms with E-state index in [0.29, 0.717) is 5.92 Å². The molecule has 4 heteroatoms. The fraction of sp³-hybridized carbons (Fsp3) is 0.700. The van der Waals surface area contributed by atoms with Crippen LogP contribution in [0.4, 0.5) is 0 Å². The number of benzene rings is 1. The first-order chi connectivity index (χ1) is 11.6. The molecule has 0 radical (unpaired) electrons. The first-order valence-electron chi connectivity index (χ1n) is 9.35. The molecular formula is C20H32N2O2. The second kappa shape index (κ2) is 7.85. The van der Waals surface area contributed by atoms with Gasteiger partial charge >= 0.3 is 0 Å². The van der Waals surface area contributed by atoms with Gasteiger partial charge < -0.3 is 19.6 Å². The van der Waals surface area contributed by atoms with Crippen LogP contribution in [-0.2, 0) is 6.42 Å². The van der Waals surface area contributed by atoms with E-state index in [0.717, 1.165) is 64.2 Å². The van der Waals surface area contributed by atoms with Crippen molar-refractivity contribution >= 4 is 0 Å². The lowest BCUT2D eigenvalue weighted by Gasteiger charge is -2.44. The Bertz CT molecular complexity index is 528. The van der Waals surface area contributed by atoms with Crippen molar-refractivity contribution in [3.8, 4) is 5.75 Å². The van der Waals surface area contributed by atoms with E-state index in [9.17, 15) is 5.11 Å². The molecule has 2 aliphatic rings. The van der Waals surface area contributed by atoms with Gasteiger partial charge in [0.2, 0.25) is 0 Å². The standard InChI is InChI=1S/C20H32N2O2/c1-21-10-12-22(13-11-21)16-18-7-3-4-9-20(18,23)15-17-6-5-8-19(14-17)24-2/h5-6,8,14,18,23H,3-4,7,9-13,15-16H2,1-2H3. The van der Waals surface area contributed by atoms with E-state index >= 15 is 0 Å². The largest absolute Gasteiger partial charge is 0.497 e. The van der Waals surface area contributed by atoms with Crippen molar-refractivity contribution in [1.82, 2.24) is 9.80 Å². The van der Waals surface area contributed by atoms with Crippen LogP contribution in [0.25, 0.3) is 0 Å². The van der Waals surface area contributed by atoms with E-state index in [1.54, 1.807) is 7.11 Å². The minimum atomic E-state index is -0.575. The van der Waals surface area contributed by atoms with E-state index in [-0.39, 0.29) is 0 Å². The summed E-state index contributed by atoms with van der Waals surface area (Å²) in [5.41, 5.74) is 0.607. The number of hydrogen-bond donors (Lipinski definition) is 1. The van der Waals surface area contributed by atoms with Crippen LogP contribution in [0.2, 0.25) is 0 Å². The highest BCUT2D eigenvalue weighted by atomic mass is 16.5. The van der Waals surface area contributed by atoms with Gasteiger partial charge in [-0.1, -0.05) is 25.0 Å². The summed E-state index contributed by atoms with van der Waals surface area (Å²) in [7, 11) is 3.89. The summed E-state index contributed by atoms with van der Waals surface area (Å²) in [6.45, 7) is 5.57. The second-order valence-electron chi connectivity index (χ2n) is 7.68. The van der Waals surface area contributed by atoms with E-state index in [1.165, 1.54) is 12.0 Å². The summed E-state index contributed by atoms with van der Waals surface area (Å²) >= 11 is 0. The van der Waals surface area contributed by atoms with Gasteiger partial charge in [-0.3, -0.25) is 0 Å². The van der Waals surface area contributed by atoms with Gasteiger partial charge in [0.15, 0.2) is 0 Å². The first-order valence-corrected chi connectivity index (χ1v) is 9.35. The smallest absolute Gasteiger partial charge is 0.119 e. The van der Waals surface area contributed by atoms with Crippen LogP contribution < -0.4 is 4.74 Å². The molecule has 0 bridgehead atoms. The maximum atomic E-state index is 11.5. The number of likely N-dealkylation sites (N-methyl/N-ethyl adjacent to an activating group) is 1. The van der Waals surface area contributed by atoms with Gasteiger partial charge in [-0.15, -0.1) is 0 Å². The third-order valence-electron chi connectivity index (χ3n) is 5.89. The molecule has 3 rings (SSSR count). The molecule has 0 spiro atoms. The molecule has 1 saturated carbocycles. The minimum Gasteiger partial charge on any atom is -0.497 e. The molecule has 1 saturated heterocycles. The van der Waals surface area contributed by atoms with Gasteiger partial charge in [0.1, 0.15) is 5.75 Å². The molecule has 2 fully saturated rings. The van der Waals surface area contributed by atoms with E-state index in [4.69, 9.17) is 4.74 Å². The zero-order valence-corrected chi connectivity index (χ0v) is 15.2. The highest BCUT2D eigenvalue weighted by Crippen LogP contribution is 2.37. The number of aliphatic hydroxyl groups is 1. The van der Waals surface area contributed by atoms with Gasteiger partial charge in [0.05, 0.1) is 12.7 Å². The van der Waals surface area contributed by atoms with Crippen LogP contribution >= 0.6 is 0 Å². The Morgan fingerprint density at radius 2 is 2.00 bits per heavy atom. The van der Waals surface area contributed by atoms with Gasteiger partial charge in [-0.25, -0.2) is 0 Å². The van der Waals surface area contributed by atoms with Crippen LogP contribution in [0.5, 0.6) is 5.75 Å². The number of nitrogens with zero attached hydrogens (tertiary/aromatic N) is 2. The van der Waals surface area contributed by atoms with Crippen LogP contribution in [0, 0.1) is 5.92 Å². The summed E-state index contributed by atoms with van der Waals surface area (Å²) < 4.78 is 5.34. The molecule has 1 aliphatic heterocycles. The average molecular weight is 332 g/mol. The van der Waals surface area contributed by atoms with Gasteiger partial charge in [-0.2, -0.15) is 0 Å². The zero-order chi connectivity index (χ0) is 17.0. The Balaban J connectivity index is 1.67. The second-order valence-corrected chi connectivity index (χ2v) is 7.68. The predicted molar refractivity (Wildman–Crippen MR) is 97.5 cm³/mol. The third-order valence-corrected chi connectivity index (χ3v) is 5.89. The summed E-state index contributed by atoms with van der Waals surface area (Å²) in [6.07, 6.45) is 5.19. The lowest BCUT2D eigenvalue weighted by molar-refractivity contribution is -0.0620. The number of rotatable bonds is 5. The zero-order valence-electron chi connectivity index (χ0n) is 15.2. The Morgan fingerprint density at radius 3 is 2.75 bits per heavy atom. The first kappa shape index (κ1) is 17.7. The lowest BCUT2D eigenvalue weighted by atomic mass is 9.72. The van der Waals surface area contributed by atoms with Gasteiger partial charge in [0, 0.05) is 45.1 Å². The van der Waals surface area contributed by atoms with Crippen molar-refractivity contribution in [2.24, 2.45) is 5.92 Å². The maximum Gasteiger partial charge on any atom is 0.119 e. The molecule has 2 atom stereocenters. The molecule has 2 unspecified atom stereocenters. The fourth-order valence-corrected chi connectivity index (χ4v) is 4.27. The molecule has 1 aromatic carbocycles. The number of piperazine rings is 1. The lowest BCUT2D eigenvalue weighted by Crippen LogP contribution is -2.52. The molecule has 0 amide bonds. The van der Waals surface area contributed by atoms with E-state index in [2.05, 4.69) is 29.0 Å². The molecular weight excluding hydrogens is 300 g/mol. The number of hydrogen-bond acceptors (Lipinski definition) is 4. The Hall–Kier alpha value is -1.10. The van der Waals surface area contributed by atoms with Crippen LogP contribution in [0.1, 0.15) is 31.2 Å². The van der Waals surface area contributed by atoms with Crippen molar-refractivity contribution in [3.63, 3.8) is 0 Å². The SMILES string of the molecule is COc1cccc(CC2(O)CCCCC2CN2CCN(C)CC2)c1.